The van der Waals surface area contributed by atoms with Gasteiger partial charge in [0.25, 0.3) is 0 Å². The van der Waals surface area contributed by atoms with E-state index in [0.717, 1.165) is 45.7 Å². The van der Waals surface area contributed by atoms with Crippen LogP contribution in [0.5, 0.6) is 0 Å². The molecule has 5 heteroatoms. The lowest BCUT2D eigenvalue weighted by atomic mass is 10.0. The number of morpholine rings is 1. The van der Waals surface area contributed by atoms with Crippen molar-refractivity contribution in [1.29, 1.82) is 0 Å². The minimum Gasteiger partial charge on any atom is -0.378 e. The Labute approximate surface area is 151 Å². The van der Waals surface area contributed by atoms with Gasteiger partial charge in [-0.05, 0) is 29.9 Å². The molecule has 0 aromatic heterocycles. The SMILES string of the molecule is CC(C)c1ccc(CCCN=C(N)N2CCOCC2)cc1.I. The Kier molecular flexibility index (Phi) is 8.78. The molecule has 1 aliphatic rings. The fraction of sp³-hybridized carbons (Fsp3) is 0.588. The van der Waals surface area contributed by atoms with E-state index in [1.807, 2.05) is 0 Å². The molecule has 0 aliphatic carbocycles. The van der Waals surface area contributed by atoms with Crippen molar-refractivity contribution in [2.45, 2.75) is 32.6 Å². The minimum atomic E-state index is 0. The van der Waals surface area contributed by atoms with Crippen LogP contribution in [0.25, 0.3) is 0 Å². The number of benzene rings is 1. The number of ether oxygens (including phenoxy) is 1. The second-order valence-electron chi connectivity index (χ2n) is 5.84. The van der Waals surface area contributed by atoms with E-state index in [9.17, 15) is 0 Å². The predicted molar refractivity (Wildman–Crippen MR) is 103 cm³/mol. The molecule has 0 spiro atoms. The predicted octanol–water partition coefficient (Wildman–Crippen LogP) is 3.01. The molecule has 1 aromatic carbocycles. The number of nitrogens with zero attached hydrogens (tertiary/aromatic N) is 2. The Bertz CT molecular complexity index is 453. The summed E-state index contributed by atoms with van der Waals surface area (Å²) in [6, 6.07) is 8.91. The number of aryl methyl sites for hydroxylation is 1. The number of guanidine groups is 1. The third kappa shape index (κ3) is 6.12. The minimum absolute atomic E-state index is 0. The van der Waals surface area contributed by atoms with Gasteiger partial charge in [0.05, 0.1) is 13.2 Å². The van der Waals surface area contributed by atoms with Crippen molar-refractivity contribution in [2.75, 3.05) is 32.8 Å². The van der Waals surface area contributed by atoms with Gasteiger partial charge < -0.3 is 15.4 Å². The fourth-order valence-corrected chi connectivity index (χ4v) is 2.44. The zero-order valence-electron chi connectivity index (χ0n) is 13.6. The summed E-state index contributed by atoms with van der Waals surface area (Å²) in [6.07, 6.45) is 2.09. The Morgan fingerprint density at radius 1 is 1.23 bits per heavy atom. The number of rotatable bonds is 5. The maximum atomic E-state index is 6.00. The summed E-state index contributed by atoms with van der Waals surface area (Å²) in [6.45, 7) is 8.43. The van der Waals surface area contributed by atoms with Gasteiger partial charge in [0.2, 0.25) is 0 Å². The first kappa shape index (κ1) is 19.2. The fourth-order valence-electron chi connectivity index (χ4n) is 2.44. The zero-order chi connectivity index (χ0) is 15.1. The van der Waals surface area contributed by atoms with E-state index in [2.05, 4.69) is 48.0 Å². The molecule has 0 bridgehead atoms. The molecule has 124 valence electrons. The van der Waals surface area contributed by atoms with E-state index in [4.69, 9.17) is 10.5 Å². The van der Waals surface area contributed by atoms with Crippen molar-refractivity contribution >= 4 is 29.9 Å². The van der Waals surface area contributed by atoms with Crippen LogP contribution in [-0.4, -0.2) is 43.7 Å². The molecule has 0 radical (unpaired) electrons. The second-order valence-corrected chi connectivity index (χ2v) is 5.84. The molecule has 1 aliphatic heterocycles. The Morgan fingerprint density at radius 2 is 1.86 bits per heavy atom. The van der Waals surface area contributed by atoms with Crippen LogP contribution in [0, 0.1) is 0 Å². The normalized spacial score (nSPS) is 15.8. The maximum absolute atomic E-state index is 6.00. The van der Waals surface area contributed by atoms with Crippen LogP contribution in [0.3, 0.4) is 0 Å². The molecule has 0 saturated carbocycles. The van der Waals surface area contributed by atoms with Gasteiger partial charge in [0, 0.05) is 19.6 Å². The highest BCUT2D eigenvalue weighted by Gasteiger charge is 2.11. The van der Waals surface area contributed by atoms with Crippen LogP contribution in [0.2, 0.25) is 0 Å². The second kappa shape index (κ2) is 10.0. The molecule has 1 aromatic rings. The van der Waals surface area contributed by atoms with Gasteiger partial charge in [0.15, 0.2) is 5.96 Å². The van der Waals surface area contributed by atoms with E-state index < -0.39 is 0 Å². The van der Waals surface area contributed by atoms with Crippen LogP contribution < -0.4 is 5.73 Å². The van der Waals surface area contributed by atoms with Crippen molar-refractivity contribution in [3.8, 4) is 0 Å². The van der Waals surface area contributed by atoms with Crippen LogP contribution in [0.4, 0.5) is 0 Å². The standard InChI is InChI=1S/C17H27N3O.HI/c1-14(2)16-7-5-15(6-8-16)4-3-9-19-17(18)20-10-12-21-13-11-20;/h5-8,14H,3-4,9-13H2,1-2H3,(H2,18,19);1H. The lowest BCUT2D eigenvalue weighted by Gasteiger charge is -2.27. The van der Waals surface area contributed by atoms with Gasteiger partial charge in [-0.15, -0.1) is 24.0 Å². The maximum Gasteiger partial charge on any atom is 0.191 e. The first-order valence-electron chi connectivity index (χ1n) is 7.88. The molecule has 0 amide bonds. The van der Waals surface area contributed by atoms with E-state index in [1.54, 1.807) is 0 Å². The summed E-state index contributed by atoms with van der Waals surface area (Å²) in [5, 5.41) is 0. The van der Waals surface area contributed by atoms with Gasteiger partial charge >= 0.3 is 0 Å². The molecule has 1 fully saturated rings. The van der Waals surface area contributed by atoms with Crippen LogP contribution >= 0.6 is 24.0 Å². The number of hydrogen-bond donors (Lipinski definition) is 1. The Morgan fingerprint density at radius 3 is 2.45 bits per heavy atom. The summed E-state index contributed by atoms with van der Waals surface area (Å²) in [4.78, 5) is 6.57. The summed E-state index contributed by atoms with van der Waals surface area (Å²) in [7, 11) is 0. The molecular weight excluding hydrogens is 389 g/mol. The van der Waals surface area contributed by atoms with Crippen molar-refractivity contribution < 1.29 is 4.74 Å². The average Bonchev–Trinajstić information content (AvgIpc) is 2.52. The molecule has 2 N–H and O–H groups in total. The van der Waals surface area contributed by atoms with Crippen LogP contribution in [-0.2, 0) is 11.2 Å². The van der Waals surface area contributed by atoms with E-state index >= 15 is 0 Å². The van der Waals surface area contributed by atoms with Crippen molar-refractivity contribution in [3.05, 3.63) is 35.4 Å². The number of halogens is 1. The monoisotopic (exact) mass is 417 g/mol. The lowest BCUT2D eigenvalue weighted by Crippen LogP contribution is -2.44. The summed E-state index contributed by atoms with van der Waals surface area (Å²) >= 11 is 0. The molecule has 4 nitrogen and oxygen atoms in total. The molecule has 1 saturated heterocycles. The molecule has 1 heterocycles. The third-order valence-electron chi connectivity index (χ3n) is 3.88. The lowest BCUT2D eigenvalue weighted by molar-refractivity contribution is 0.0674. The first-order valence-corrected chi connectivity index (χ1v) is 7.88. The van der Waals surface area contributed by atoms with Gasteiger partial charge in [0.1, 0.15) is 0 Å². The van der Waals surface area contributed by atoms with Crippen molar-refractivity contribution in [1.82, 2.24) is 4.90 Å². The third-order valence-corrected chi connectivity index (χ3v) is 3.88. The summed E-state index contributed by atoms with van der Waals surface area (Å²) in [5.74, 6) is 1.26. The van der Waals surface area contributed by atoms with E-state index in [0.29, 0.717) is 11.9 Å². The highest BCUT2D eigenvalue weighted by molar-refractivity contribution is 14.0. The molecular formula is C17H28IN3O. The number of nitrogens with two attached hydrogens (primary N) is 1. The van der Waals surface area contributed by atoms with Crippen LogP contribution in [0.1, 0.15) is 37.3 Å². The molecule has 0 unspecified atom stereocenters. The smallest absolute Gasteiger partial charge is 0.191 e. The summed E-state index contributed by atoms with van der Waals surface area (Å²) in [5.41, 5.74) is 8.77. The van der Waals surface area contributed by atoms with Gasteiger partial charge in [-0.1, -0.05) is 38.1 Å². The largest absolute Gasteiger partial charge is 0.378 e. The van der Waals surface area contributed by atoms with Crippen LogP contribution in [0.15, 0.2) is 29.3 Å². The summed E-state index contributed by atoms with van der Waals surface area (Å²) < 4.78 is 5.31. The van der Waals surface area contributed by atoms with E-state index in [1.165, 1.54) is 11.1 Å². The first-order chi connectivity index (χ1) is 10.2. The Hall–Kier alpha value is -0.820. The molecule has 2 rings (SSSR count). The molecule has 0 atom stereocenters. The van der Waals surface area contributed by atoms with Crippen molar-refractivity contribution in [3.63, 3.8) is 0 Å². The highest BCUT2D eigenvalue weighted by Crippen LogP contribution is 2.15. The van der Waals surface area contributed by atoms with E-state index in [-0.39, 0.29) is 24.0 Å². The number of aliphatic imine (C=N–C) groups is 1. The highest BCUT2D eigenvalue weighted by atomic mass is 127. The van der Waals surface area contributed by atoms with Gasteiger partial charge in [-0.25, -0.2) is 0 Å². The zero-order valence-corrected chi connectivity index (χ0v) is 16.0. The molecule has 22 heavy (non-hydrogen) atoms. The van der Waals surface area contributed by atoms with Gasteiger partial charge in [-0.2, -0.15) is 0 Å². The van der Waals surface area contributed by atoms with Gasteiger partial charge in [-0.3, -0.25) is 4.99 Å². The quantitative estimate of drug-likeness (QED) is 0.347. The topological polar surface area (TPSA) is 50.8 Å². The van der Waals surface area contributed by atoms with Crippen molar-refractivity contribution in [2.24, 2.45) is 10.7 Å². The number of hydrogen-bond acceptors (Lipinski definition) is 2. The average molecular weight is 417 g/mol. The Balaban J connectivity index is 0.00000242.